The number of anilines is 1. The van der Waals surface area contributed by atoms with E-state index in [2.05, 4.69) is 33.2 Å². The Kier molecular flexibility index (Phi) is 4.50. The van der Waals surface area contributed by atoms with Gasteiger partial charge in [-0.05, 0) is 37.9 Å². The van der Waals surface area contributed by atoms with E-state index in [0.29, 0.717) is 6.04 Å². The van der Waals surface area contributed by atoms with E-state index in [9.17, 15) is 0 Å². The summed E-state index contributed by atoms with van der Waals surface area (Å²) in [5, 5.41) is 3.60. The van der Waals surface area contributed by atoms with E-state index in [1.54, 1.807) is 12.5 Å². The Balaban J connectivity index is 1.54. The van der Waals surface area contributed by atoms with Crippen LogP contribution in [-0.2, 0) is 0 Å². The normalized spacial score (nSPS) is 17.0. The number of pyridine rings is 1. The van der Waals surface area contributed by atoms with Gasteiger partial charge in [0.1, 0.15) is 12.1 Å². The van der Waals surface area contributed by atoms with Crippen molar-refractivity contribution in [2.75, 3.05) is 25.0 Å². The Morgan fingerprint density at radius 3 is 2.76 bits per heavy atom. The maximum atomic E-state index is 4.48. The molecule has 5 heteroatoms. The van der Waals surface area contributed by atoms with Crippen LogP contribution < -0.4 is 5.32 Å². The molecule has 3 heterocycles. The fourth-order valence-corrected chi connectivity index (χ4v) is 2.87. The van der Waals surface area contributed by atoms with Gasteiger partial charge < -0.3 is 10.2 Å². The van der Waals surface area contributed by atoms with Gasteiger partial charge in [-0.3, -0.25) is 4.57 Å². The molecule has 1 aliphatic rings. The zero-order valence-corrected chi connectivity index (χ0v) is 12.6. The van der Waals surface area contributed by atoms with Gasteiger partial charge in [0.15, 0.2) is 0 Å². The predicted octanol–water partition coefficient (Wildman–Crippen LogP) is 2.55. The van der Waals surface area contributed by atoms with Crippen LogP contribution in [0, 0.1) is 0 Å². The number of hydrogen-bond donors (Lipinski definition) is 1. The summed E-state index contributed by atoms with van der Waals surface area (Å²) in [6.07, 6.45) is 11.0. The summed E-state index contributed by atoms with van der Waals surface area (Å²) >= 11 is 0. The highest BCUT2D eigenvalue weighted by atomic mass is 15.1. The molecule has 1 N–H and O–H groups in total. The fourth-order valence-electron chi connectivity index (χ4n) is 2.87. The number of nitrogens with zero attached hydrogens (tertiary/aromatic N) is 4. The van der Waals surface area contributed by atoms with Crippen molar-refractivity contribution in [2.24, 2.45) is 0 Å². The van der Waals surface area contributed by atoms with Crippen molar-refractivity contribution in [1.82, 2.24) is 19.4 Å². The molecule has 1 saturated heterocycles. The molecular weight excluding hydrogens is 262 g/mol. The van der Waals surface area contributed by atoms with Crippen molar-refractivity contribution in [3.05, 3.63) is 37.1 Å². The van der Waals surface area contributed by atoms with E-state index in [4.69, 9.17) is 0 Å². The first-order valence-corrected chi connectivity index (χ1v) is 7.78. The summed E-state index contributed by atoms with van der Waals surface area (Å²) in [5.74, 6) is 0.899. The largest absolute Gasteiger partial charge is 0.381 e. The summed E-state index contributed by atoms with van der Waals surface area (Å²) in [6, 6.07) is 4.69. The van der Waals surface area contributed by atoms with Crippen LogP contribution in [0.15, 0.2) is 37.1 Å². The van der Waals surface area contributed by atoms with Crippen LogP contribution in [0.3, 0.4) is 0 Å². The van der Waals surface area contributed by atoms with Crippen LogP contribution in [0.1, 0.15) is 26.2 Å². The van der Waals surface area contributed by atoms with Crippen LogP contribution in [-0.4, -0.2) is 45.1 Å². The average molecular weight is 285 g/mol. The molecule has 0 aliphatic carbocycles. The molecule has 3 rings (SSSR count). The number of likely N-dealkylation sites (tertiary alicyclic amines) is 1. The minimum absolute atomic E-state index is 0.569. The molecule has 0 spiro atoms. The van der Waals surface area contributed by atoms with E-state index in [1.807, 2.05) is 23.0 Å². The quantitative estimate of drug-likeness (QED) is 0.917. The Bertz CT molecular complexity index is 526. The Morgan fingerprint density at radius 2 is 2.14 bits per heavy atom. The van der Waals surface area contributed by atoms with E-state index < -0.39 is 0 Å². The second-order valence-electron chi connectivity index (χ2n) is 5.64. The van der Waals surface area contributed by atoms with Gasteiger partial charge in [-0.2, -0.15) is 0 Å². The molecular formula is C16H23N5. The van der Waals surface area contributed by atoms with Gasteiger partial charge in [0, 0.05) is 31.5 Å². The zero-order valence-electron chi connectivity index (χ0n) is 12.6. The third kappa shape index (κ3) is 3.61. The molecule has 0 atom stereocenters. The minimum Gasteiger partial charge on any atom is -0.381 e. The summed E-state index contributed by atoms with van der Waals surface area (Å²) < 4.78 is 1.91. The molecule has 1 fully saturated rings. The molecule has 1 aliphatic heterocycles. The van der Waals surface area contributed by atoms with Gasteiger partial charge in [0.05, 0.1) is 11.9 Å². The topological polar surface area (TPSA) is 46.0 Å². The lowest BCUT2D eigenvalue weighted by Crippen LogP contribution is -2.39. The van der Waals surface area contributed by atoms with Crippen molar-refractivity contribution in [1.29, 1.82) is 0 Å². The summed E-state index contributed by atoms with van der Waals surface area (Å²) in [5.41, 5.74) is 1.10. The van der Waals surface area contributed by atoms with Gasteiger partial charge in [-0.1, -0.05) is 6.92 Å². The first-order valence-electron chi connectivity index (χ1n) is 7.78. The van der Waals surface area contributed by atoms with Crippen LogP contribution >= 0.6 is 0 Å². The van der Waals surface area contributed by atoms with Gasteiger partial charge in [-0.25, -0.2) is 9.97 Å². The Labute approximate surface area is 126 Å². The van der Waals surface area contributed by atoms with Gasteiger partial charge in [0.2, 0.25) is 0 Å². The maximum Gasteiger partial charge on any atom is 0.137 e. The highest BCUT2D eigenvalue weighted by Crippen LogP contribution is 2.17. The van der Waals surface area contributed by atoms with Crippen molar-refractivity contribution >= 4 is 5.69 Å². The number of hydrogen-bond acceptors (Lipinski definition) is 4. The summed E-state index contributed by atoms with van der Waals surface area (Å²) in [6.45, 7) is 5.88. The first-order chi connectivity index (χ1) is 10.3. The lowest BCUT2D eigenvalue weighted by atomic mass is 10.0. The first kappa shape index (κ1) is 14.1. The average Bonchev–Trinajstić information content (AvgIpc) is 3.05. The van der Waals surface area contributed by atoms with Crippen molar-refractivity contribution in [2.45, 2.75) is 32.2 Å². The van der Waals surface area contributed by atoms with Gasteiger partial charge in [-0.15, -0.1) is 0 Å². The van der Waals surface area contributed by atoms with Crippen LogP contribution in [0.25, 0.3) is 5.82 Å². The highest BCUT2D eigenvalue weighted by Gasteiger charge is 2.18. The number of imidazole rings is 1. The molecule has 112 valence electrons. The number of rotatable bonds is 5. The standard InChI is InChI=1S/C16H23N5/c1-2-8-20-9-5-14(6-10-20)19-15-3-4-16(18-12-15)21-11-7-17-13-21/h3-4,7,11-14,19H,2,5-6,8-10H2,1H3. The highest BCUT2D eigenvalue weighted by molar-refractivity contribution is 5.44. The lowest BCUT2D eigenvalue weighted by Gasteiger charge is -2.32. The Hall–Kier alpha value is -1.88. The van der Waals surface area contributed by atoms with E-state index in [0.717, 1.165) is 11.5 Å². The second-order valence-corrected chi connectivity index (χ2v) is 5.64. The molecule has 0 radical (unpaired) electrons. The fraction of sp³-hybridized carbons (Fsp3) is 0.500. The molecule has 0 unspecified atom stereocenters. The van der Waals surface area contributed by atoms with Crippen molar-refractivity contribution in [3.8, 4) is 5.82 Å². The molecule has 2 aromatic rings. The zero-order chi connectivity index (χ0) is 14.5. The lowest BCUT2D eigenvalue weighted by molar-refractivity contribution is 0.219. The van der Waals surface area contributed by atoms with E-state index in [-0.39, 0.29) is 0 Å². The number of nitrogens with one attached hydrogen (secondary N) is 1. The SMILES string of the molecule is CCCN1CCC(Nc2ccc(-n3ccnc3)nc2)CC1. The molecule has 0 bridgehead atoms. The van der Waals surface area contributed by atoms with Gasteiger partial charge >= 0.3 is 0 Å². The van der Waals surface area contributed by atoms with Crippen LogP contribution in [0.4, 0.5) is 5.69 Å². The number of piperidine rings is 1. The predicted molar refractivity (Wildman–Crippen MR) is 84.7 cm³/mol. The van der Waals surface area contributed by atoms with E-state index in [1.165, 1.54) is 38.9 Å². The molecule has 21 heavy (non-hydrogen) atoms. The van der Waals surface area contributed by atoms with Crippen molar-refractivity contribution in [3.63, 3.8) is 0 Å². The summed E-state index contributed by atoms with van der Waals surface area (Å²) in [7, 11) is 0. The Morgan fingerprint density at radius 1 is 1.29 bits per heavy atom. The maximum absolute atomic E-state index is 4.48. The van der Waals surface area contributed by atoms with Crippen LogP contribution in [0.5, 0.6) is 0 Å². The smallest absolute Gasteiger partial charge is 0.137 e. The molecule has 0 amide bonds. The number of aromatic nitrogens is 3. The molecule has 2 aromatic heterocycles. The van der Waals surface area contributed by atoms with Crippen molar-refractivity contribution < 1.29 is 0 Å². The second kappa shape index (κ2) is 6.72. The molecule has 5 nitrogen and oxygen atoms in total. The summed E-state index contributed by atoms with van der Waals surface area (Å²) in [4.78, 5) is 11.1. The van der Waals surface area contributed by atoms with Crippen LogP contribution in [0.2, 0.25) is 0 Å². The minimum atomic E-state index is 0.569. The third-order valence-electron chi connectivity index (χ3n) is 4.02. The molecule has 0 saturated carbocycles. The monoisotopic (exact) mass is 285 g/mol. The van der Waals surface area contributed by atoms with Gasteiger partial charge in [0.25, 0.3) is 0 Å². The third-order valence-corrected chi connectivity index (χ3v) is 4.02. The van der Waals surface area contributed by atoms with E-state index >= 15 is 0 Å². The molecule has 0 aromatic carbocycles.